The van der Waals surface area contributed by atoms with Crippen LogP contribution in [0.1, 0.15) is 5.56 Å². The Balaban J connectivity index is 2.77. The van der Waals surface area contributed by atoms with Gasteiger partial charge in [0, 0.05) is 10.6 Å². The average Bonchev–Trinajstić information content (AvgIpc) is 2.28. The maximum Gasteiger partial charge on any atom is 0.417 e. The van der Waals surface area contributed by atoms with E-state index < -0.39 is 17.6 Å². The summed E-state index contributed by atoms with van der Waals surface area (Å²) < 4.78 is 52.0. The number of halogens is 7. The van der Waals surface area contributed by atoms with Crippen molar-refractivity contribution in [2.75, 3.05) is 0 Å². The molecule has 0 amide bonds. The molecule has 2 rings (SSSR count). The number of rotatable bonds is 1. The van der Waals surface area contributed by atoms with Gasteiger partial charge in [-0.05, 0) is 29.8 Å². The molecule has 0 aliphatic carbocycles. The van der Waals surface area contributed by atoms with Crippen LogP contribution in [0.5, 0.6) is 0 Å². The zero-order valence-corrected chi connectivity index (χ0v) is 11.8. The predicted octanol–water partition coefficient (Wildman–Crippen LogP) is 6.47. The van der Waals surface area contributed by atoms with Crippen molar-refractivity contribution in [3.05, 3.63) is 56.8 Å². The second kappa shape index (κ2) is 5.43. The molecule has 0 aliphatic rings. The fourth-order valence-electron chi connectivity index (χ4n) is 1.77. The minimum atomic E-state index is -4.73. The van der Waals surface area contributed by atoms with E-state index in [2.05, 4.69) is 0 Å². The van der Waals surface area contributed by atoms with E-state index in [4.69, 9.17) is 34.8 Å². The first kappa shape index (κ1) is 15.4. The van der Waals surface area contributed by atoms with Crippen molar-refractivity contribution in [1.82, 2.24) is 0 Å². The molecule has 0 unspecified atom stereocenters. The van der Waals surface area contributed by atoms with Gasteiger partial charge >= 0.3 is 6.18 Å². The lowest BCUT2D eigenvalue weighted by Gasteiger charge is -2.15. The third kappa shape index (κ3) is 3.03. The molecular weight excluding hydrogens is 338 g/mol. The number of hydrogen-bond donors (Lipinski definition) is 0. The first-order valence-electron chi connectivity index (χ1n) is 5.22. The Morgan fingerprint density at radius 3 is 1.90 bits per heavy atom. The molecule has 0 nitrogen and oxygen atoms in total. The maximum atomic E-state index is 13.1. The summed E-state index contributed by atoms with van der Waals surface area (Å²) in [5.41, 5.74) is -1.49. The molecule has 0 bridgehead atoms. The minimum absolute atomic E-state index is 0.0370. The normalized spacial score (nSPS) is 11.8. The summed E-state index contributed by atoms with van der Waals surface area (Å²) in [6.07, 6.45) is -4.73. The van der Waals surface area contributed by atoms with Crippen LogP contribution in [0.4, 0.5) is 17.6 Å². The van der Waals surface area contributed by atoms with Crippen molar-refractivity contribution < 1.29 is 17.6 Å². The van der Waals surface area contributed by atoms with Crippen LogP contribution in [-0.4, -0.2) is 0 Å². The Morgan fingerprint density at radius 1 is 0.850 bits per heavy atom. The molecule has 0 aliphatic heterocycles. The van der Waals surface area contributed by atoms with Crippen LogP contribution >= 0.6 is 34.8 Å². The van der Waals surface area contributed by atoms with E-state index in [0.29, 0.717) is 6.07 Å². The summed E-state index contributed by atoms with van der Waals surface area (Å²) >= 11 is 17.5. The molecule has 0 aromatic heterocycles. The average molecular weight is 344 g/mol. The first-order valence-corrected chi connectivity index (χ1v) is 6.35. The monoisotopic (exact) mass is 342 g/mol. The van der Waals surface area contributed by atoms with Crippen molar-refractivity contribution in [2.45, 2.75) is 6.18 Å². The number of benzene rings is 2. The lowest BCUT2D eigenvalue weighted by atomic mass is 9.99. The van der Waals surface area contributed by atoms with Gasteiger partial charge in [-0.25, -0.2) is 4.39 Å². The zero-order chi connectivity index (χ0) is 15.1. The predicted molar refractivity (Wildman–Crippen MR) is 71.9 cm³/mol. The van der Waals surface area contributed by atoms with E-state index in [-0.39, 0.29) is 26.2 Å². The van der Waals surface area contributed by atoms with Gasteiger partial charge in [0.05, 0.1) is 15.6 Å². The zero-order valence-electron chi connectivity index (χ0n) is 9.53. The molecule has 2 aromatic carbocycles. The minimum Gasteiger partial charge on any atom is -0.207 e. The smallest absolute Gasteiger partial charge is 0.207 e. The van der Waals surface area contributed by atoms with Gasteiger partial charge in [-0.1, -0.05) is 40.9 Å². The van der Waals surface area contributed by atoms with Crippen molar-refractivity contribution in [3.63, 3.8) is 0 Å². The Kier molecular flexibility index (Phi) is 4.19. The van der Waals surface area contributed by atoms with E-state index >= 15 is 0 Å². The molecular formula is C13H5Cl3F4. The Bertz CT molecular complexity index is 642. The molecule has 0 heterocycles. The van der Waals surface area contributed by atoms with Gasteiger partial charge in [-0.15, -0.1) is 0 Å². The van der Waals surface area contributed by atoms with Crippen LogP contribution in [0.25, 0.3) is 11.1 Å². The van der Waals surface area contributed by atoms with E-state index in [1.807, 2.05) is 0 Å². The van der Waals surface area contributed by atoms with Crippen LogP contribution in [-0.2, 0) is 6.18 Å². The van der Waals surface area contributed by atoms with Crippen molar-refractivity contribution in [2.24, 2.45) is 0 Å². The quantitative estimate of drug-likeness (QED) is 0.520. The van der Waals surface area contributed by atoms with Gasteiger partial charge < -0.3 is 0 Å². The highest BCUT2D eigenvalue weighted by atomic mass is 35.5. The van der Waals surface area contributed by atoms with E-state index in [0.717, 1.165) is 12.1 Å². The molecule has 2 aromatic rings. The Labute approximate surface area is 126 Å². The standard InChI is InChI=1S/C13H5Cl3F4/c14-6-3-10(15)12(11(16)4-6)8-2-1-7(17)5-9(8)13(18,19)20/h1-5H. The fourth-order valence-corrected chi connectivity index (χ4v) is 2.79. The molecule has 0 fully saturated rings. The van der Waals surface area contributed by atoms with Gasteiger partial charge in [0.1, 0.15) is 5.82 Å². The fraction of sp³-hybridized carbons (Fsp3) is 0.0769. The third-order valence-electron chi connectivity index (χ3n) is 2.56. The topological polar surface area (TPSA) is 0 Å². The van der Waals surface area contributed by atoms with Gasteiger partial charge in [0.15, 0.2) is 0 Å². The molecule has 0 saturated heterocycles. The Morgan fingerprint density at radius 2 is 1.40 bits per heavy atom. The van der Waals surface area contributed by atoms with Gasteiger partial charge in [0.2, 0.25) is 0 Å². The van der Waals surface area contributed by atoms with Crippen molar-refractivity contribution in [3.8, 4) is 11.1 Å². The lowest BCUT2D eigenvalue weighted by Crippen LogP contribution is -2.08. The molecule has 0 N–H and O–H groups in total. The van der Waals surface area contributed by atoms with Gasteiger partial charge in [0.25, 0.3) is 0 Å². The summed E-state index contributed by atoms with van der Waals surface area (Å²) in [6.45, 7) is 0. The lowest BCUT2D eigenvalue weighted by molar-refractivity contribution is -0.137. The summed E-state index contributed by atoms with van der Waals surface area (Å²) in [4.78, 5) is 0. The third-order valence-corrected chi connectivity index (χ3v) is 3.38. The van der Waals surface area contributed by atoms with Gasteiger partial charge in [-0.3, -0.25) is 0 Å². The summed E-state index contributed by atoms with van der Waals surface area (Å²) in [7, 11) is 0. The van der Waals surface area contributed by atoms with Crippen molar-refractivity contribution in [1.29, 1.82) is 0 Å². The molecule has 0 radical (unpaired) electrons. The van der Waals surface area contributed by atoms with Crippen LogP contribution in [0.3, 0.4) is 0 Å². The first-order chi connectivity index (χ1) is 9.20. The highest BCUT2D eigenvalue weighted by Crippen LogP contribution is 2.43. The van der Waals surface area contributed by atoms with Crippen LogP contribution in [0, 0.1) is 5.82 Å². The van der Waals surface area contributed by atoms with Crippen LogP contribution < -0.4 is 0 Å². The van der Waals surface area contributed by atoms with Crippen LogP contribution in [0.15, 0.2) is 30.3 Å². The summed E-state index contributed by atoms with van der Waals surface area (Å²) in [5, 5.41) is 0.110. The van der Waals surface area contributed by atoms with Crippen LogP contribution in [0.2, 0.25) is 15.1 Å². The number of alkyl halides is 3. The molecule has 0 spiro atoms. The largest absolute Gasteiger partial charge is 0.417 e. The molecule has 0 atom stereocenters. The second-order valence-corrected chi connectivity index (χ2v) is 5.18. The Hall–Kier alpha value is -0.970. The maximum absolute atomic E-state index is 13.1. The van der Waals surface area contributed by atoms with E-state index in [1.54, 1.807) is 0 Å². The van der Waals surface area contributed by atoms with Crippen molar-refractivity contribution >= 4 is 34.8 Å². The van der Waals surface area contributed by atoms with E-state index in [1.165, 1.54) is 12.1 Å². The highest BCUT2D eigenvalue weighted by molar-refractivity contribution is 6.41. The number of hydrogen-bond acceptors (Lipinski definition) is 0. The van der Waals surface area contributed by atoms with Gasteiger partial charge in [-0.2, -0.15) is 13.2 Å². The summed E-state index contributed by atoms with van der Waals surface area (Å²) in [6, 6.07) is 4.84. The molecule has 20 heavy (non-hydrogen) atoms. The SMILES string of the molecule is Fc1ccc(-c2c(Cl)cc(Cl)cc2Cl)c(C(F)(F)F)c1. The molecule has 106 valence electrons. The highest BCUT2D eigenvalue weighted by Gasteiger charge is 2.35. The second-order valence-electron chi connectivity index (χ2n) is 3.93. The molecule has 7 heteroatoms. The van der Waals surface area contributed by atoms with E-state index in [9.17, 15) is 17.6 Å². The molecule has 0 saturated carbocycles. The summed E-state index contributed by atoms with van der Waals surface area (Å²) in [5.74, 6) is -0.998.